The number of sulfonamides is 1. The minimum atomic E-state index is -3.59. The Morgan fingerprint density at radius 3 is 2.44 bits per heavy atom. The van der Waals surface area contributed by atoms with Crippen molar-refractivity contribution in [1.82, 2.24) is 9.29 Å². The van der Waals surface area contributed by atoms with Crippen molar-refractivity contribution >= 4 is 26.0 Å². The van der Waals surface area contributed by atoms with E-state index in [2.05, 4.69) is 27.0 Å². The van der Waals surface area contributed by atoms with Gasteiger partial charge in [0.1, 0.15) is 0 Å². The van der Waals surface area contributed by atoms with Gasteiger partial charge in [0.05, 0.1) is 10.9 Å². The molecule has 1 atom stereocenters. The topological polar surface area (TPSA) is 50.3 Å². The molecular formula is C21H19BrN2O2S. The van der Waals surface area contributed by atoms with Crippen molar-refractivity contribution in [1.29, 1.82) is 0 Å². The first-order chi connectivity index (χ1) is 13.1. The molecule has 1 aliphatic heterocycles. The Balaban J connectivity index is 1.77. The normalized spacial score (nSPS) is 17.4. The van der Waals surface area contributed by atoms with Crippen LogP contribution in [0.4, 0.5) is 0 Å². The second-order valence-corrected chi connectivity index (χ2v) is 9.40. The number of aromatic nitrogens is 1. The van der Waals surface area contributed by atoms with E-state index >= 15 is 0 Å². The molecule has 0 fully saturated rings. The summed E-state index contributed by atoms with van der Waals surface area (Å²) in [6, 6.07) is 18.6. The van der Waals surface area contributed by atoms with E-state index < -0.39 is 10.0 Å². The van der Waals surface area contributed by atoms with Crippen molar-refractivity contribution in [3.63, 3.8) is 0 Å². The Bertz CT molecular complexity index is 1040. The van der Waals surface area contributed by atoms with E-state index in [1.165, 1.54) is 5.56 Å². The third-order valence-electron chi connectivity index (χ3n) is 4.96. The first-order valence-corrected chi connectivity index (χ1v) is 11.0. The molecule has 1 unspecified atom stereocenters. The highest BCUT2D eigenvalue weighted by molar-refractivity contribution is 9.10. The third kappa shape index (κ3) is 3.70. The number of hydrogen-bond donors (Lipinski definition) is 0. The number of rotatable bonds is 4. The van der Waals surface area contributed by atoms with Crippen molar-refractivity contribution in [3.05, 3.63) is 94.2 Å². The minimum absolute atomic E-state index is 0.231. The Morgan fingerprint density at radius 1 is 1.00 bits per heavy atom. The van der Waals surface area contributed by atoms with E-state index in [1.807, 2.05) is 30.3 Å². The van der Waals surface area contributed by atoms with Crippen LogP contribution in [0.3, 0.4) is 0 Å². The molecule has 1 aromatic heterocycles. The standard InChI is InChI=1S/C21H19BrN2O2S/c22-18-5-7-19(8-6-18)27(25,26)24-14-11-17-3-1-2-4-20(17)21(24)15-16-9-12-23-13-10-16/h1-10,12-13,21H,11,14-15H2. The van der Waals surface area contributed by atoms with E-state index in [9.17, 15) is 8.42 Å². The van der Waals surface area contributed by atoms with E-state index in [0.717, 1.165) is 22.0 Å². The second kappa shape index (κ2) is 7.54. The lowest BCUT2D eigenvalue weighted by atomic mass is 9.90. The van der Waals surface area contributed by atoms with Gasteiger partial charge in [-0.3, -0.25) is 4.98 Å². The molecule has 1 aliphatic rings. The number of hydrogen-bond acceptors (Lipinski definition) is 3. The van der Waals surface area contributed by atoms with Gasteiger partial charge in [-0.2, -0.15) is 4.31 Å². The molecule has 2 heterocycles. The van der Waals surface area contributed by atoms with E-state index in [1.54, 1.807) is 41.0 Å². The molecule has 3 aromatic rings. The molecule has 2 aromatic carbocycles. The number of pyridine rings is 1. The highest BCUT2D eigenvalue weighted by Crippen LogP contribution is 2.36. The monoisotopic (exact) mass is 442 g/mol. The van der Waals surface area contributed by atoms with Gasteiger partial charge in [0, 0.05) is 23.4 Å². The summed E-state index contributed by atoms with van der Waals surface area (Å²) < 4.78 is 29.3. The largest absolute Gasteiger partial charge is 0.265 e. The summed E-state index contributed by atoms with van der Waals surface area (Å²) in [7, 11) is -3.59. The fourth-order valence-corrected chi connectivity index (χ4v) is 5.48. The van der Waals surface area contributed by atoms with E-state index in [-0.39, 0.29) is 6.04 Å². The summed E-state index contributed by atoms with van der Waals surface area (Å²) in [5.41, 5.74) is 3.38. The van der Waals surface area contributed by atoms with Crippen molar-refractivity contribution in [2.45, 2.75) is 23.8 Å². The fourth-order valence-electron chi connectivity index (χ4n) is 3.61. The second-order valence-electron chi connectivity index (χ2n) is 6.59. The maximum absolute atomic E-state index is 13.4. The van der Waals surface area contributed by atoms with Crippen molar-refractivity contribution < 1.29 is 8.42 Å². The Morgan fingerprint density at radius 2 is 1.70 bits per heavy atom. The van der Waals surface area contributed by atoms with Gasteiger partial charge in [-0.25, -0.2) is 8.42 Å². The van der Waals surface area contributed by atoms with Crippen LogP contribution in [-0.2, 0) is 22.9 Å². The third-order valence-corrected chi connectivity index (χ3v) is 7.41. The highest BCUT2D eigenvalue weighted by Gasteiger charge is 2.36. The number of fused-ring (bicyclic) bond motifs is 1. The highest BCUT2D eigenvalue weighted by atomic mass is 79.9. The van der Waals surface area contributed by atoms with Crippen LogP contribution in [0.5, 0.6) is 0 Å². The molecule has 0 N–H and O–H groups in total. The molecule has 0 amide bonds. The molecule has 27 heavy (non-hydrogen) atoms. The average molecular weight is 443 g/mol. The van der Waals surface area contributed by atoms with Gasteiger partial charge in [0.25, 0.3) is 0 Å². The molecule has 0 bridgehead atoms. The summed E-state index contributed by atoms with van der Waals surface area (Å²) in [6.07, 6.45) is 4.84. The van der Waals surface area contributed by atoms with Crippen molar-refractivity contribution in [2.24, 2.45) is 0 Å². The summed E-state index contributed by atoms with van der Waals surface area (Å²) in [5.74, 6) is 0. The maximum Gasteiger partial charge on any atom is 0.243 e. The van der Waals surface area contributed by atoms with Crippen LogP contribution in [0.25, 0.3) is 0 Å². The molecule has 0 saturated heterocycles. The summed E-state index contributed by atoms with van der Waals surface area (Å²) >= 11 is 3.37. The zero-order valence-corrected chi connectivity index (χ0v) is 17.0. The first-order valence-electron chi connectivity index (χ1n) is 8.80. The van der Waals surface area contributed by atoms with Crippen molar-refractivity contribution in [3.8, 4) is 0 Å². The van der Waals surface area contributed by atoms with E-state index in [0.29, 0.717) is 17.9 Å². The van der Waals surface area contributed by atoms with E-state index in [4.69, 9.17) is 0 Å². The van der Waals surface area contributed by atoms with Gasteiger partial charge in [-0.05, 0) is 65.9 Å². The minimum Gasteiger partial charge on any atom is -0.265 e. The maximum atomic E-state index is 13.4. The number of benzene rings is 2. The van der Waals surface area contributed by atoms with Crippen LogP contribution in [0, 0.1) is 0 Å². The van der Waals surface area contributed by atoms with Gasteiger partial charge in [0.15, 0.2) is 0 Å². The Kier molecular flexibility index (Phi) is 5.12. The molecular weight excluding hydrogens is 424 g/mol. The molecule has 6 heteroatoms. The number of nitrogens with zero attached hydrogens (tertiary/aromatic N) is 2. The van der Waals surface area contributed by atoms with Crippen LogP contribution in [0.15, 0.2) is 82.4 Å². The molecule has 4 nitrogen and oxygen atoms in total. The molecule has 0 saturated carbocycles. The lowest BCUT2D eigenvalue weighted by Crippen LogP contribution is -2.41. The SMILES string of the molecule is O=S(=O)(c1ccc(Br)cc1)N1CCc2ccccc2C1Cc1ccncc1. The predicted octanol–water partition coefficient (Wildman–Crippen LogP) is 4.37. The lowest BCUT2D eigenvalue weighted by molar-refractivity contribution is 0.306. The van der Waals surface area contributed by atoms with Gasteiger partial charge < -0.3 is 0 Å². The number of halogens is 1. The van der Waals surface area contributed by atoms with Crippen LogP contribution in [0.2, 0.25) is 0 Å². The van der Waals surface area contributed by atoms with Crippen LogP contribution < -0.4 is 0 Å². The molecule has 0 radical (unpaired) electrons. The molecule has 138 valence electrons. The molecule has 4 rings (SSSR count). The first kappa shape index (κ1) is 18.3. The summed E-state index contributed by atoms with van der Waals surface area (Å²) in [5, 5.41) is 0. The van der Waals surface area contributed by atoms with Gasteiger partial charge in [-0.15, -0.1) is 0 Å². The van der Waals surface area contributed by atoms with Gasteiger partial charge in [0.2, 0.25) is 10.0 Å². The van der Waals surface area contributed by atoms with Gasteiger partial charge >= 0.3 is 0 Å². The lowest BCUT2D eigenvalue weighted by Gasteiger charge is -2.36. The summed E-state index contributed by atoms with van der Waals surface area (Å²) in [6.45, 7) is 0.477. The van der Waals surface area contributed by atoms with Crippen LogP contribution in [-0.4, -0.2) is 24.3 Å². The zero-order valence-electron chi connectivity index (χ0n) is 14.6. The zero-order chi connectivity index (χ0) is 18.9. The molecule has 0 aliphatic carbocycles. The Hall–Kier alpha value is -2.02. The Labute approximate surface area is 168 Å². The quantitative estimate of drug-likeness (QED) is 0.602. The average Bonchev–Trinajstić information content (AvgIpc) is 2.69. The predicted molar refractivity (Wildman–Crippen MR) is 109 cm³/mol. The van der Waals surface area contributed by atoms with Crippen LogP contribution in [0.1, 0.15) is 22.7 Å². The fraction of sp³-hybridized carbons (Fsp3) is 0.190. The smallest absolute Gasteiger partial charge is 0.243 e. The molecule has 0 spiro atoms. The van der Waals surface area contributed by atoms with Crippen molar-refractivity contribution in [2.75, 3.05) is 6.54 Å². The van der Waals surface area contributed by atoms with Gasteiger partial charge in [-0.1, -0.05) is 40.2 Å². The summed E-state index contributed by atoms with van der Waals surface area (Å²) in [4.78, 5) is 4.39. The van der Waals surface area contributed by atoms with Crippen LogP contribution >= 0.6 is 15.9 Å².